The van der Waals surface area contributed by atoms with Crippen molar-refractivity contribution in [3.8, 4) is 22.1 Å². The van der Waals surface area contributed by atoms with Gasteiger partial charge in [-0.05, 0) is 35.7 Å². The second-order valence-electron chi connectivity index (χ2n) is 3.65. The van der Waals surface area contributed by atoms with Gasteiger partial charge in [-0.15, -0.1) is 11.3 Å². The fourth-order valence-electron chi connectivity index (χ4n) is 1.74. The molecule has 3 heterocycles. The molecule has 0 amide bonds. The lowest BCUT2D eigenvalue weighted by Gasteiger charge is -1.98. The summed E-state index contributed by atoms with van der Waals surface area (Å²) in [7, 11) is 2.02. The summed E-state index contributed by atoms with van der Waals surface area (Å²) < 4.78 is 7.90. The molecule has 0 saturated heterocycles. The molecule has 16 heavy (non-hydrogen) atoms. The van der Waals surface area contributed by atoms with E-state index in [4.69, 9.17) is 4.42 Å². The molecule has 0 spiro atoms. The number of aryl methyl sites for hydroxylation is 1. The van der Waals surface area contributed by atoms with Gasteiger partial charge in [0, 0.05) is 13.2 Å². The van der Waals surface area contributed by atoms with Gasteiger partial charge in [-0.3, -0.25) is 0 Å². The summed E-state index contributed by atoms with van der Waals surface area (Å²) in [5.41, 5.74) is 1.10. The van der Waals surface area contributed by atoms with Gasteiger partial charge in [0.05, 0.1) is 10.6 Å². The molecule has 0 bridgehead atoms. The first-order valence-corrected chi connectivity index (χ1v) is 5.98. The van der Waals surface area contributed by atoms with Crippen LogP contribution in [0.3, 0.4) is 0 Å². The number of rotatable bonds is 2. The highest BCUT2D eigenvalue weighted by atomic mass is 32.1. The smallest absolute Gasteiger partial charge is 0.151 e. The van der Waals surface area contributed by atoms with E-state index >= 15 is 0 Å². The quantitative estimate of drug-likeness (QED) is 0.649. The maximum Gasteiger partial charge on any atom is 0.151 e. The van der Waals surface area contributed by atoms with Crippen molar-refractivity contribution >= 4 is 11.3 Å². The second kappa shape index (κ2) is 3.68. The topological polar surface area (TPSA) is 18.1 Å². The van der Waals surface area contributed by atoms with Crippen LogP contribution in [0.25, 0.3) is 22.1 Å². The van der Waals surface area contributed by atoms with Crippen LogP contribution >= 0.6 is 11.3 Å². The Balaban J connectivity index is 2.03. The van der Waals surface area contributed by atoms with Crippen molar-refractivity contribution in [2.45, 2.75) is 0 Å². The standard InChI is InChI=1S/C13H11NOS/c1-14-8-2-4-10(14)11-6-7-12(15-11)13-5-3-9-16-13/h2-9H,1H3. The lowest BCUT2D eigenvalue weighted by atomic mass is 10.3. The van der Waals surface area contributed by atoms with Crippen molar-refractivity contribution in [1.29, 1.82) is 0 Å². The van der Waals surface area contributed by atoms with Crippen LogP contribution in [-0.4, -0.2) is 4.57 Å². The molecule has 3 aromatic heterocycles. The van der Waals surface area contributed by atoms with Crippen LogP contribution in [0.1, 0.15) is 0 Å². The molecule has 80 valence electrons. The fraction of sp³-hybridized carbons (Fsp3) is 0.0769. The van der Waals surface area contributed by atoms with E-state index in [1.165, 1.54) is 4.88 Å². The number of hydrogen-bond donors (Lipinski definition) is 0. The molecule has 0 atom stereocenters. The minimum Gasteiger partial charge on any atom is -0.454 e. The first-order chi connectivity index (χ1) is 7.84. The van der Waals surface area contributed by atoms with Crippen LogP contribution in [0.5, 0.6) is 0 Å². The van der Waals surface area contributed by atoms with Crippen molar-refractivity contribution in [2.24, 2.45) is 7.05 Å². The average Bonchev–Trinajstić information content (AvgIpc) is 2.96. The van der Waals surface area contributed by atoms with Crippen molar-refractivity contribution in [1.82, 2.24) is 4.57 Å². The van der Waals surface area contributed by atoms with Gasteiger partial charge in [0.15, 0.2) is 5.76 Å². The van der Waals surface area contributed by atoms with E-state index in [-0.39, 0.29) is 0 Å². The number of nitrogens with zero attached hydrogens (tertiary/aromatic N) is 1. The molecule has 0 aliphatic rings. The summed E-state index contributed by atoms with van der Waals surface area (Å²) in [4.78, 5) is 1.17. The molecule has 0 radical (unpaired) electrons. The number of furan rings is 1. The van der Waals surface area contributed by atoms with Gasteiger partial charge in [0.25, 0.3) is 0 Å². The summed E-state index contributed by atoms with van der Waals surface area (Å²) in [6.07, 6.45) is 2.02. The molecule has 3 aromatic rings. The first kappa shape index (κ1) is 9.48. The Bertz CT molecular complexity index is 589. The first-order valence-electron chi connectivity index (χ1n) is 5.10. The zero-order valence-electron chi connectivity index (χ0n) is 8.88. The molecule has 0 fully saturated rings. The van der Waals surface area contributed by atoms with Crippen molar-refractivity contribution in [3.63, 3.8) is 0 Å². The molecular weight excluding hydrogens is 218 g/mol. The molecule has 0 aliphatic carbocycles. The second-order valence-corrected chi connectivity index (χ2v) is 4.59. The predicted molar refractivity (Wildman–Crippen MR) is 66.4 cm³/mol. The Labute approximate surface area is 97.8 Å². The van der Waals surface area contributed by atoms with Crippen LogP contribution in [0.15, 0.2) is 52.4 Å². The van der Waals surface area contributed by atoms with Crippen LogP contribution < -0.4 is 0 Å². The Kier molecular flexibility index (Phi) is 2.18. The highest BCUT2D eigenvalue weighted by Gasteiger charge is 2.08. The van der Waals surface area contributed by atoms with E-state index < -0.39 is 0 Å². The zero-order valence-corrected chi connectivity index (χ0v) is 9.70. The lowest BCUT2D eigenvalue weighted by molar-refractivity contribution is 0.593. The molecule has 2 nitrogen and oxygen atoms in total. The third-order valence-corrected chi connectivity index (χ3v) is 3.45. The number of thiophene rings is 1. The van der Waals surface area contributed by atoms with Gasteiger partial charge in [0.1, 0.15) is 5.76 Å². The lowest BCUT2D eigenvalue weighted by Crippen LogP contribution is -1.86. The van der Waals surface area contributed by atoms with Gasteiger partial charge < -0.3 is 8.98 Å². The molecule has 3 heteroatoms. The minimum absolute atomic E-state index is 0.913. The zero-order chi connectivity index (χ0) is 11.0. The number of hydrogen-bond acceptors (Lipinski definition) is 2. The van der Waals surface area contributed by atoms with Gasteiger partial charge in [-0.1, -0.05) is 6.07 Å². The predicted octanol–water partition coefficient (Wildman–Crippen LogP) is 4.01. The molecule has 3 rings (SSSR count). The summed E-state index contributed by atoms with van der Waals surface area (Å²) in [6, 6.07) is 12.2. The summed E-state index contributed by atoms with van der Waals surface area (Å²) in [6.45, 7) is 0. The highest BCUT2D eigenvalue weighted by molar-refractivity contribution is 7.13. The monoisotopic (exact) mass is 229 g/mol. The highest BCUT2D eigenvalue weighted by Crippen LogP contribution is 2.30. The Hall–Kier alpha value is -1.74. The third-order valence-electron chi connectivity index (χ3n) is 2.57. The summed E-state index contributed by atoms with van der Waals surface area (Å²) in [5, 5.41) is 2.06. The molecule has 0 aliphatic heterocycles. The maximum absolute atomic E-state index is 5.84. The molecular formula is C13H11NOS. The van der Waals surface area contributed by atoms with Gasteiger partial charge >= 0.3 is 0 Å². The van der Waals surface area contributed by atoms with Crippen molar-refractivity contribution in [3.05, 3.63) is 48.0 Å². The van der Waals surface area contributed by atoms with Crippen LogP contribution in [-0.2, 0) is 7.05 Å². The Morgan fingerprint density at radius 2 is 1.94 bits per heavy atom. The van der Waals surface area contributed by atoms with Gasteiger partial charge in [0.2, 0.25) is 0 Å². The van der Waals surface area contributed by atoms with E-state index in [9.17, 15) is 0 Å². The van der Waals surface area contributed by atoms with Crippen LogP contribution in [0.4, 0.5) is 0 Å². The van der Waals surface area contributed by atoms with E-state index in [0.717, 1.165) is 17.2 Å². The van der Waals surface area contributed by atoms with Crippen LogP contribution in [0.2, 0.25) is 0 Å². The molecule has 0 N–H and O–H groups in total. The van der Waals surface area contributed by atoms with Crippen LogP contribution in [0, 0.1) is 0 Å². The molecule has 0 unspecified atom stereocenters. The molecule has 0 aromatic carbocycles. The van der Waals surface area contributed by atoms with Gasteiger partial charge in [-0.2, -0.15) is 0 Å². The summed E-state index contributed by atoms with van der Waals surface area (Å²) >= 11 is 1.69. The normalized spacial score (nSPS) is 10.8. The maximum atomic E-state index is 5.84. The Morgan fingerprint density at radius 1 is 1.06 bits per heavy atom. The average molecular weight is 229 g/mol. The minimum atomic E-state index is 0.913. The third kappa shape index (κ3) is 1.49. The Morgan fingerprint density at radius 3 is 2.62 bits per heavy atom. The van der Waals surface area contributed by atoms with Crippen molar-refractivity contribution < 1.29 is 4.42 Å². The van der Waals surface area contributed by atoms with Crippen molar-refractivity contribution in [2.75, 3.05) is 0 Å². The SMILES string of the molecule is Cn1cccc1-c1ccc(-c2cccs2)o1. The van der Waals surface area contributed by atoms with E-state index in [2.05, 4.69) is 22.1 Å². The molecule has 0 saturated carbocycles. The van der Waals surface area contributed by atoms with E-state index in [0.29, 0.717) is 0 Å². The van der Waals surface area contributed by atoms with Gasteiger partial charge in [-0.25, -0.2) is 0 Å². The number of aromatic nitrogens is 1. The summed E-state index contributed by atoms with van der Waals surface area (Å²) in [5.74, 6) is 1.85. The van der Waals surface area contributed by atoms with E-state index in [1.54, 1.807) is 11.3 Å². The largest absolute Gasteiger partial charge is 0.454 e. The fourth-order valence-corrected chi connectivity index (χ4v) is 2.43. The van der Waals surface area contributed by atoms with E-state index in [1.807, 2.05) is 37.5 Å².